The minimum absolute atomic E-state index is 0.0733. The molecule has 0 amide bonds. The Balaban J connectivity index is 1.69. The summed E-state index contributed by atoms with van der Waals surface area (Å²) in [6, 6.07) is 0. The summed E-state index contributed by atoms with van der Waals surface area (Å²) in [5, 5.41) is 0. The molecule has 2 N–H and O–H groups in total. The topological polar surface area (TPSA) is 114 Å². The van der Waals surface area contributed by atoms with Crippen LogP contribution in [-0.2, 0) is 11.3 Å². The zero-order valence-corrected chi connectivity index (χ0v) is 21.7. The maximum atomic E-state index is 13.9. The van der Waals surface area contributed by atoms with Crippen molar-refractivity contribution in [3.05, 3.63) is 12.4 Å². The molecule has 15 heteroatoms. The number of morpholine rings is 1. The van der Waals surface area contributed by atoms with Crippen molar-refractivity contribution in [2.75, 3.05) is 61.5 Å². The van der Waals surface area contributed by atoms with Gasteiger partial charge < -0.3 is 10.5 Å². The average molecular weight is 530 g/mol. The molecule has 3 aromatic rings. The molecule has 11 nitrogen and oxygen atoms in total. The minimum atomic E-state index is -4.49. The quantitative estimate of drug-likeness (QED) is 0.483. The van der Waals surface area contributed by atoms with Crippen molar-refractivity contribution in [2.24, 2.45) is 0 Å². The Morgan fingerprint density at radius 2 is 1.74 bits per heavy atom. The molecule has 2 fully saturated rings. The van der Waals surface area contributed by atoms with Crippen LogP contribution in [0.3, 0.4) is 0 Å². The van der Waals surface area contributed by atoms with E-state index in [1.54, 1.807) is 0 Å². The maximum absolute atomic E-state index is 13.9. The zero-order chi connectivity index (χ0) is 27.2. The number of fused-ring (bicyclic) bond motifs is 1. The first-order valence-corrected chi connectivity index (χ1v) is 12.4. The third-order valence-electron chi connectivity index (χ3n) is 6.78. The molecule has 2 aliphatic heterocycles. The summed E-state index contributed by atoms with van der Waals surface area (Å²) >= 11 is 0. The standard InChI is InChI=1S/C23H30BF3N10O/c1-14(24)37-5-4-35(12-22(37,2)3)21-31-16-18(34-6-8-38-9-7-34)32-17(15-10-29-20(28)30-11-15)33-19(16)36(21)13-23(25,26)27/h10-11,24H,4-9,12-13H2,1-3H3,(H2,28,29,30). The monoisotopic (exact) mass is 530 g/mol. The number of hydrogen-bond donors (Lipinski definition) is 1. The fraction of sp³-hybridized carbons (Fsp3) is 0.565. The number of nitrogens with zero attached hydrogens (tertiary/aromatic N) is 9. The molecule has 0 aliphatic carbocycles. The molecule has 2 aliphatic rings. The molecule has 0 unspecified atom stereocenters. The molecule has 0 atom stereocenters. The molecule has 5 heterocycles. The molecule has 38 heavy (non-hydrogen) atoms. The SMILES string of the molecule is B=C(C)N1CCN(c2nc3c(N4CCOCC4)nc(-c4cnc(N)nc4)nc3n2CC(F)(F)F)CC1(C)C. The molecule has 2 saturated heterocycles. The van der Waals surface area contributed by atoms with Crippen molar-refractivity contribution in [3.8, 4) is 11.4 Å². The molecular weight excluding hydrogens is 500 g/mol. The van der Waals surface area contributed by atoms with Crippen LogP contribution in [0.15, 0.2) is 12.4 Å². The van der Waals surface area contributed by atoms with Gasteiger partial charge in [-0.1, -0.05) is 0 Å². The van der Waals surface area contributed by atoms with Crippen LogP contribution < -0.4 is 15.5 Å². The van der Waals surface area contributed by atoms with Gasteiger partial charge in [-0.15, -0.1) is 0 Å². The first-order valence-electron chi connectivity index (χ1n) is 12.4. The normalized spacial score (nSPS) is 18.3. The van der Waals surface area contributed by atoms with Gasteiger partial charge in [0.15, 0.2) is 0 Å². The van der Waals surface area contributed by atoms with Crippen molar-refractivity contribution in [1.82, 2.24) is 34.4 Å². The molecular formula is C23H30BF3N10O. The molecule has 0 aromatic carbocycles. The first kappa shape index (κ1) is 26.1. The molecule has 202 valence electrons. The Labute approximate surface area is 218 Å². The molecule has 5 rings (SSSR count). The van der Waals surface area contributed by atoms with Crippen LogP contribution in [0, 0.1) is 0 Å². The Morgan fingerprint density at radius 1 is 1.05 bits per heavy atom. The number of piperazine rings is 1. The van der Waals surface area contributed by atoms with Gasteiger partial charge in [0.1, 0.15) is 0 Å². The Bertz CT molecular complexity index is 1340. The molecule has 3 aromatic heterocycles. The number of imidazole rings is 1. The summed E-state index contributed by atoms with van der Waals surface area (Å²) in [6.07, 6.45) is -1.58. The third-order valence-corrected chi connectivity index (χ3v) is 6.78. The third kappa shape index (κ3) is 5.11. The summed E-state index contributed by atoms with van der Waals surface area (Å²) < 4.78 is 48.5. The number of aromatic nitrogens is 6. The van der Waals surface area contributed by atoms with Crippen molar-refractivity contribution in [3.63, 3.8) is 0 Å². The Kier molecular flexibility index (Phi) is 6.65. The van der Waals surface area contributed by atoms with Crippen LogP contribution in [0.1, 0.15) is 20.8 Å². The van der Waals surface area contributed by atoms with Crippen LogP contribution in [-0.4, -0.2) is 105 Å². The second kappa shape index (κ2) is 9.68. The fourth-order valence-corrected chi connectivity index (χ4v) is 5.15. The van der Waals surface area contributed by atoms with Gasteiger partial charge in [0, 0.05) is 0 Å². The second-order valence-corrected chi connectivity index (χ2v) is 10.2. The van der Waals surface area contributed by atoms with E-state index in [1.807, 2.05) is 30.6 Å². The van der Waals surface area contributed by atoms with Gasteiger partial charge in [0.25, 0.3) is 0 Å². The van der Waals surface area contributed by atoms with E-state index in [2.05, 4.69) is 27.3 Å². The van der Waals surface area contributed by atoms with Gasteiger partial charge in [-0.25, -0.2) is 9.97 Å². The van der Waals surface area contributed by atoms with Gasteiger partial charge >= 0.3 is 192 Å². The summed E-state index contributed by atoms with van der Waals surface area (Å²) in [5.74, 6) is 0.929. The van der Waals surface area contributed by atoms with E-state index in [9.17, 15) is 13.2 Å². The van der Waals surface area contributed by atoms with Gasteiger partial charge in [-0.2, -0.15) is 0 Å². The van der Waals surface area contributed by atoms with E-state index in [4.69, 9.17) is 20.4 Å². The number of halogens is 3. The van der Waals surface area contributed by atoms with Crippen molar-refractivity contribution in [2.45, 2.75) is 39.0 Å². The summed E-state index contributed by atoms with van der Waals surface area (Å²) in [7, 11) is 4.07. The Morgan fingerprint density at radius 3 is 2.34 bits per heavy atom. The van der Waals surface area contributed by atoms with Gasteiger partial charge in [-0.3, -0.25) is 0 Å². The van der Waals surface area contributed by atoms with Crippen molar-refractivity contribution < 1.29 is 17.9 Å². The van der Waals surface area contributed by atoms with Crippen LogP contribution >= 0.6 is 0 Å². The predicted molar refractivity (Wildman–Crippen MR) is 141 cm³/mol. The Hall–Kier alpha value is -3.49. The summed E-state index contributed by atoms with van der Waals surface area (Å²) in [5.41, 5.74) is 7.03. The summed E-state index contributed by atoms with van der Waals surface area (Å²) in [4.78, 5) is 28.1. The van der Waals surface area contributed by atoms with Gasteiger partial charge in [0.2, 0.25) is 5.95 Å². The molecule has 0 saturated carbocycles. The van der Waals surface area contributed by atoms with E-state index in [0.29, 0.717) is 62.8 Å². The van der Waals surface area contributed by atoms with Crippen LogP contribution in [0.25, 0.3) is 22.6 Å². The molecule has 0 bridgehead atoms. The van der Waals surface area contributed by atoms with E-state index < -0.39 is 12.7 Å². The van der Waals surface area contributed by atoms with Gasteiger partial charge in [0.05, 0.1) is 0 Å². The molecule has 0 radical (unpaired) electrons. The van der Waals surface area contributed by atoms with Gasteiger partial charge in [-0.05, 0) is 0 Å². The number of rotatable bonds is 5. The van der Waals surface area contributed by atoms with E-state index >= 15 is 0 Å². The number of ether oxygens (including phenoxy) is 1. The van der Waals surface area contributed by atoms with Crippen molar-refractivity contribution in [1.29, 1.82) is 0 Å². The predicted octanol–water partition coefficient (Wildman–Crippen LogP) is 1.22. The van der Waals surface area contributed by atoms with Crippen molar-refractivity contribution >= 4 is 42.0 Å². The fourth-order valence-electron chi connectivity index (χ4n) is 5.15. The van der Waals surface area contributed by atoms with Crippen LogP contribution in [0.2, 0.25) is 0 Å². The van der Waals surface area contributed by atoms with E-state index in [1.165, 1.54) is 12.4 Å². The number of anilines is 3. The van der Waals surface area contributed by atoms with Crippen LogP contribution in [0.4, 0.5) is 30.9 Å². The average Bonchev–Trinajstić information content (AvgIpc) is 3.20. The van der Waals surface area contributed by atoms with E-state index in [-0.39, 0.29) is 28.9 Å². The zero-order valence-electron chi connectivity index (χ0n) is 21.7. The number of nitrogens with two attached hydrogens (primary N) is 1. The number of nitrogen functional groups attached to an aromatic ring is 1. The molecule has 0 spiro atoms. The first-order chi connectivity index (χ1) is 17.9. The van der Waals surface area contributed by atoms with E-state index in [0.717, 1.165) is 10.2 Å². The van der Waals surface area contributed by atoms with Crippen LogP contribution in [0.5, 0.6) is 0 Å². The second-order valence-electron chi connectivity index (χ2n) is 10.2. The summed E-state index contributed by atoms with van der Waals surface area (Å²) in [6.45, 7) is 8.32. The number of alkyl halides is 3. The number of hydrogen-bond acceptors (Lipinski definition) is 10.